The monoisotopic (exact) mass is 337 g/mol. The van der Waals surface area contributed by atoms with Crippen LogP contribution in [0.25, 0.3) is 0 Å². The van der Waals surface area contributed by atoms with Crippen molar-refractivity contribution in [2.45, 2.75) is 44.7 Å². The minimum Gasteiger partial charge on any atom is -0.381 e. The molecule has 3 rings (SSSR count). The number of halogens is 1. The molecule has 0 spiro atoms. The van der Waals surface area contributed by atoms with Gasteiger partial charge in [-0.2, -0.15) is 0 Å². The number of piperidine rings is 2. The lowest BCUT2D eigenvalue weighted by Gasteiger charge is -2.37. The van der Waals surface area contributed by atoms with Crippen molar-refractivity contribution in [3.05, 3.63) is 30.3 Å². The van der Waals surface area contributed by atoms with E-state index in [9.17, 15) is 4.79 Å². The maximum absolute atomic E-state index is 12.8. The van der Waals surface area contributed by atoms with Crippen LogP contribution in [-0.2, 0) is 4.79 Å². The molecule has 2 saturated heterocycles. The minimum absolute atomic E-state index is 0. The number of rotatable bonds is 3. The molecule has 0 aromatic heterocycles. The number of benzene rings is 1. The van der Waals surface area contributed by atoms with E-state index >= 15 is 0 Å². The molecule has 3 atom stereocenters. The number of para-hydroxylation sites is 1. The molecule has 23 heavy (non-hydrogen) atoms. The van der Waals surface area contributed by atoms with Gasteiger partial charge in [0.05, 0.1) is 0 Å². The molecular formula is C18H28ClN3O. The highest BCUT2D eigenvalue weighted by Gasteiger charge is 2.31. The fourth-order valence-electron chi connectivity index (χ4n) is 3.68. The summed E-state index contributed by atoms with van der Waals surface area (Å²) in [4.78, 5) is 14.9. The Balaban J connectivity index is 0.00000192. The lowest BCUT2D eigenvalue weighted by Crippen LogP contribution is -2.49. The van der Waals surface area contributed by atoms with Crippen LogP contribution in [0.1, 0.15) is 32.6 Å². The van der Waals surface area contributed by atoms with E-state index in [0.29, 0.717) is 18.0 Å². The summed E-state index contributed by atoms with van der Waals surface area (Å²) in [5, 5.41) is 7.00. The lowest BCUT2D eigenvalue weighted by molar-refractivity contribution is -0.137. The SMILES string of the molecule is C[C@H]1C[C@@H](C(=O)N2CCCC(Nc3ccccc3)C2)CCN1.Cl. The van der Waals surface area contributed by atoms with Crippen molar-refractivity contribution in [1.82, 2.24) is 10.2 Å². The van der Waals surface area contributed by atoms with Crippen molar-refractivity contribution in [1.29, 1.82) is 0 Å². The Morgan fingerprint density at radius 3 is 2.78 bits per heavy atom. The van der Waals surface area contributed by atoms with Gasteiger partial charge in [-0.05, 0) is 51.3 Å². The first-order valence-corrected chi connectivity index (χ1v) is 8.56. The molecule has 0 saturated carbocycles. The number of nitrogens with one attached hydrogen (secondary N) is 2. The predicted octanol–water partition coefficient (Wildman–Crippen LogP) is 2.90. The molecule has 1 aromatic carbocycles. The average Bonchev–Trinajstić information content (AvgIpc) is 2.55. The number of hydrogen-bond acceptors (Lipinski definition) is 3. The Kier molecular flexibility index (Phi) is 6.72. The van der Waals surface area contributed by atoms with Crippen molar-refractivity contribution >= 4 is 24.0 Å². The van der Waals surface area contributed by atoms with Gasteiger partial charge in [0.25, 0.3) is 0 Å². The number of carbonyl (C=O) groups is 1. The molecule has 5 heteroatoms. The summed E-state index contributed by atoms with van der Waals surface area (Å²) in [6.07, 6.45) is 4.20. The first kappa shape index (κ1) is 18.1. The van der Waals surface area contributed by atoms with E-state index in [4.69, 9.17) is 0 Å². The molecule has 0 bridgehead atoms. The summed E-state index contributed by atoms with van der Waals surface area (Å²) in [7, 11) is 0. The summed E-state index contributed by atoms with van der Waals surface area (Å²) < 4.78 is 0. The quantitative estimate of drug-likeness (QED) is 0.891. The third-order valence-electron chi connectivity index (χ3n) is 4.85. The smallest absolute Gasteiger partial charge is 0.225 e. The van der Waals surface area contributed by atoms with E-state index in [1.54, 1.807) is 0 Å². The van der Waals surface area contributed by atoms with Gasteiger partial charge in [-0.3, -0.25) is 4.79 Å². The number of amides is 1. The predicted molar refractivity (Wildman–Crippen MR) is 97.1 cm³/mol. The van der Waals surface area contributed by atoms with Gasteiger partial charge in [-0.15, -0.1) is 12.4 Å². The lowest BCUT2D eigenvalue weighted by atomic mass is 9.91. The largest absolute Gasteiger partial charge is 0.381 e. The molecule has 1 aromatic rings. The molecule has 2 aliphatic rings. The third-order valence-corrected chi connectivity index (χ3v) is 4.85. The molecular weight excluding hydrogens is 310 g/mol. The Morgan fingerprint density at radius 2 is 2.04 bits per heavy atom. The van der Waals surface area contributed by atoms with E-state index in [2.05, 4.69) is 34.6 Å². The van der Waals surface area contributed by atoms with Gasteiger partial charge in [0.2, 0.25) is 5.91 Å². The van der Waals surface area contributed by atoms with Crippen LogP contribution in [0.2, 0.25) is 0 Å². The van der Waals surface area contributed by atoms with Crippen LogP contribution >= 0.6 is 12.4 Å². The van der Waals surface area contributed by atoms with Crippen molar-refractivity contribution < 1.29 is 4.79 Å². The zero-order chi connectivity index (χ0) is 15.4. The van der Waals surface area contributed by atoms with E-state index in [0.717, 1.165) is 51.0 Å². The third kappa shape index (κ3) is 4.85. The molecule has 1 unspecified atom stereocenters. The number of likely N-dealkylation sites (tertiary alicyclic amines) is 1. The van der Waals surface area contributed by atoms with E-state index in [1.807, 2.05) is 18.2 Å². The summed E-state index contributed by atoms with van der Waals surface area (Å²) >= 11 is 0. The highest BCUT2D eigenvalue weighted by Crippen LogP contribution is 2.22. The summed E-state index contributed by atoms with van der Waals surface area (Å²) in [6.45, 7) is 4.91. The minimum atomic E-state index is 0. The zero-order valence-electron chi connectivity index (χ0n) is 13.8. The summed E-state index contributed by atoms with van der Waals surface area (Å²) in [5.74, 6) is 0.583. The Hall–Kier alpha value is -1.26. The molecule has 2 aliphatic heterocycles. The van der Waals surface area contributed by atoms with Crippen molar-refractivity contribution in [3.8, 4) is 0 Å². The summed E-state index contributed by atoms with van der Waals surface area (Å²) in [6, 6.07) is 11.1. The topological polar surface area (TPSA) is 44.4 Å². The maximum Gasteiger partial charge on any atom is 0.225 e. The Bertz CT molecular complexity index is 496. The van der Waals surface area contributed by atoms with Gasteiger partial charge >= 0.3 is 0 Å². The van der Waals surface area contributed by atoms with Crippen LogP contribution in [0.3, 0.4) is 0 Å². The second-order valence-corrected chi connectivity index (χ2v) is 6.71. The maximum atomic E-state index is 12.8. The second-order valence-electron chi connectivity index (χ2n) is 6.71. The van der Waals surface area contributed by atoms with Crippen molar-refractivity contribution in [3.63, 3.8) is 0 Å². The number of anilines is 1. The second kappa shape index (κ2) is 8.55. The average molecular weight is 338 g/mol. The standard InChI is InChI=1S/C18H27N3O.ClH/c1-14-12-15(9-10-19-14)18(22)21-11-5-8-17(13-21)20-16-6-3-2-4-7-16;/h2-4,6-7,14-15,17,19-20H,5,8-13H2,1H3;1H/t14-,15-,17?;/m0./s1. The van der Waals surface area contributed by atoms with E-state index in [-0.39, 0.29) is 18.3 Å². The Labute approximate surface area is 145 Å². The van der Waals surface area contributed by atoms with Gasteiger partial charge in [0.1, 0.15) is 0 Å². The molecule has 2 fully saturated rings. The fourth-order valence-corrected chi connectivity index (χ4v) is 3.68. The van der Waals surface area contributed by atoms with E-state index < -0.39 is 0 Å². The van der Waals surface area contributed by atoms with Gasteiger partial charge in [-0.25, -0.2) is 0 Å². The molecule has 128 valence electrons. The van der Waals surface area contributed by atoms with Crippen LogP contribution in [-0.4, -0.2) is 42.5 Å². The molecule has 0 aliphatic carbocycles. The number of nitrogens with zero attached hydrogens (tertiary/aromatic N) is 1. The normalized spacial score (nSPS) is 27.9. The van der Waals surface area contributed by atoms with Gasteiger partial charge in [-0.1, -0.05) is 18.2 Å². The van der Waals surface area contributed by atoms with Crippen LogP contribution in [0.15, 0.2) is 30.3 Å². The summed E-state index contributed by atoms with van der Waals surface area (Å²) in [5.41, 5.74) is 1.15. The van der Waals surface area contributed by atoms with Crippen molar-refractivity contribution in [2.24, 2.45) is 5.92 Å². The molecule has 4 nitrogen and oxygen atoms in total. The van der Waals surface area contributed by atoms with Gasteiger partial charge in [0.15, 0.2) is 0 Å². The fraction of sp³-hybridized carbons (Fsp3) is 0.611. The first-order valence-electron chi connectivity index (χ1n) is 8.56. The van der Waals surface area contributed by atoms with Gasteiger partial charge in [0, 0.05) is 36.8 Å². The van der Waals surface area contributed by atoms with Crippen LogP contribution < -0.4 is 10.6 Å². The zero-order valence-corrected chi connectivity index (χ0v) is 14.6. The number of hydrogen-bond donors (Lipinski definition) is 2. The van der Waals surface area contributed by atoms with E-state index in [1.165, 1.54) is 0 Å². The molecule has 0 radical (unpaired) electrons. The molecule has 2 N–H and O–H groups in total. The molecule has 2 heterocycles. The van der Waals surface area contributed by atoms with Crippen molar-refractivity contribution in [2.75, 3.05) is 25.0 Å². The van der Waals surface area contributed by atoms with Gasteiger partial charge < -0.3 is 15.5 Å². The number of carbonyl (C=O) groups excluding carboxylic acids is 1. The highest BCUT2D eigenvalue weighted by molar-refractivity contribution is 5.85. The highest BCUT2D eigenvalue weighted by atomic mass is 35.5. The Morgan fingerprint density at radius 1 is 1.26 bits per heavy atom. The van der Waals surface area contributed by atoms with Crippen LogP contribution in [0.4, 0.5) is 5.69 Å². The first-order chi connectivity index (χ1) is 10.7. The van der Waals surface area contributed by atoms with Crippen LogP contribution in [0, 0.1) is 5.92 Å². The van der Waals surface area contributed by atoms with Crippen LogP contribution in [0.5, 0.6) is 0 Å². The molecule has 1 amide bonds.